The standard InChI is InChI=1S/C20H25N3O3S/c1-3-23(19-9-10-27(25,26)14-19)20(24)17-11-18(13-21-12-17)22-15(2)16-7-5-4-6-8-16/h4-8,11-13,15,19,22H,3,9-10,14H2,1-2H3. The van der Waals surface area contributed by atoms with Gasteiger partial charge in [0, 0.05) is 31.0 Å². The molecule has 0 saturated carbocycles. The smallest absolute Gasteiger partial charge is 0.255 e. The van der Waals surface area contributed by atoms with Crippen LogP contribution in [0.2, 0.25) is 0 Å². The molecule has 1 aromatic heterocycles. The average Bonchev–Trinajstić information content (AvgIpc) is 3.02. The highest BCUT2D eigenvalue weighted by atomic mass is 32.2. The maximum absolute atomic E-state index is 12.9. The third-order valence-electron chi connectivity index (χ3n) is 4.92. The zero-order chi connectivity index (χ0) is 19.4. The fourth-order valence-corrected chi connectivity index (χ4v) is 5.20. The van der Waals surface area contributed by atoms with E-state index in [1.54, 1.807) is 17.2 Å². The van der Waals surface area contributed by atoms with E-state index in [-0.39, 0.29) is 29.5 Å². The number of carbonyl (C=O) groups excluding carboxylic acids is 1. The number of hydrogen-bond acceptors (Lipinski definition) is 5. The maximum atomic E-state index is 12.9. The van der Waals surface area contributed by atoms with Crippen molar-refractivity contribution in [2.45, 2.75) is 32.4 Å². The number of nitrogens with one attached hydrogen (secondary N) is 1. The molecule has 2 aromatic rings. The second-order valence-corrected chi connectivity index (χ2v) is 9.12. The van der Waals surface area contributed by atoms with Crippen molar-refractivity contribution >= 4 is 21.4 Å². The van der Waals surface area contributed by atoms with E-state index in [1.807, 2.05) is 44.2 Å². The second-order valence-electron chi connectivity index (χ2n) is 6.89. The maximum Gasteiger partial charge on any atom is 0.255 e. The molecule has 1 aliphatic rings. The molecule has 1 aromatic carbocycles. The number of pyridine rings is 1. The monoisotopic (exact) mass is 387 g/mol. The Morgan fingerprint density at radius 1 is 1.30 bits per heavy atom. The highest BCUT2D eigenvalue weighted by molar-refractivity contribution is 7.91. The Morgan fingerprint density at radius 2 is 2.04 bits per heavy atom. The first-order chi connectivity index (χ1) is 12.9. The van der Waals surface area contributed by atoms with Gasteiger partial charge in [-0.3, -0.25) is 9.78 Å². The highest BCUT2D eigenvalue weighted by Crippen LogP contribution is 2.22. The zero-order valence-electron chi connectivity index (χ0n) is 15.6. The van der Waals surface area contributed by atoms with Gasteiger partial charge in [0.05, 0.1) is 22.8 Å². The molecule has 0 bridgehead atoms. The summed E-state index contributed by atoms with van der Waals surface area (Å²) in [6.45, 7) is 4.39. The number of benzene rings is 1. The van der Waals surface area contributed by atoms with Crippen molar-refractivity contribution in [3.8, 4) is 0 Å². The van der Waals surface area contributed by atoms with Gasteiger partial charge in [0.15, 0.2) is 9.84 Å². The molecule has 27 heavy (non-hydrogen) atoms. The van der Waals surface area contributed by atoms with Crippen LogP contribution < -0.4 is 5.32 Å². The summed E-state index contributed by atoms with van der Waals surface area (Å²) in [5, 5.41) is 3.36. The number of rotatable bonds is 6. The van der Waals surface area contributed by atoms with Crippen LogP contribution in [0, 0.1) is 0 Å². The van der Waals surface area contributed by atoms with Crippen LogP contribution in [0.3, 0.4) is 0 Å². The summed E-state index contributed by atoms with van der Waals surface area (Å²) in [5.74, 6) is 0.0157. The van der Waals surface area contributed by atoms with E-state index in [0.29, 0.717) is 18.5 Å². The molecular weight excluding hydrogens is 362 g/mol. The minimum absolute atomic E-state index is 0.0446. The molecule has 0 spiro atoms. The lowest BCUT2D eigenvalue weighted by molar-refractivity contribution is 0.0708. The van der Waals surface area contributed by atoms with Crippen molar-refractivity contribution in [1.29, 1.82) is 0 Å². The van der Waals surface area contributed by atoms with Crippen LogP contribution in [0.5, 0.6) is 0 Å². The summed E-state index contributed by atoms with van der Waals surface area (Å²) in [6.07, 6.45) is 3.72. The molecule has 1 amide bonds. The minimum atomic E-state index is -3.04. The third kappa shape index (κ3) is 4.66. The van der Waals surface area contributed by atoms with Crippen molar-refractivity contribution in [2.75, 3.05) is 23.4 Å². The van der Waals surface area contributed by atoms with Crippen molar-refractivity contribution in [2.24, 2.45) is 0 Å². The van der Waals surface area contributed by atoms with Crippen LogP contribution in [-0.4, -0.2) is 48.3 Å². The van der Waals surface area contributed by atoms with Crippen LogP contribution >= 0.6 is 0 Å². The molecule has 1 aliphatic heterocycles. The molecule has 2 heterocycles. The lowest BCUT2D eigenvalue weighted by Gasteiger charge is -2.27. The molecule has 144 valence electrons. The summed E-state index contributed by atoms with van der Waals surface area (Å²) in [7, 11) is -3.04. The molecule has 7 heteroatoms. The number of carbonyl (C=O) groups is 1. The van der Waals surface area contributed by atoms with E-state index in [2.05, 4.69) is 10.3 Å². The van der Waals surface area contributed by atoms with Gasteiger partial charge in [-0.25, -0.2) is 8.42 Å². The van der Waals surface area contributed by atoms with E-state index in [4.69, 9.17) is 0 Å². The highest BCUT2D eigenvalue weighted by Gasteiger charge is 2.34. The molecule has 3 rings (SSSR count). The number of anilines is 1. The first kappa shape index (κ1) is 19.4. The van der Waals surface area contributed by atoms with Gasteiger partial charge < -0.3 is 10.2 Å². The lowest BCUT2D eigenvalue weighted by atomic mass is 10.1. The van der Waals surface area contributed by atoms with Crippen molar-refractivity contribution < 1.29 is 13.2 Å². The summed E-state index contributed by atoms with van der Waals surface area (Å²) >= 11 is 0. The Morgan fingerprint density at radius 3 is 2.67 bits per heavy atom. The number of hydrogen-bond donors (Lipinski definition) is 1. The second kappa shape index (κ2) is 8.08. The van der Waals surface area contributed by atoms with Gasteiger partial charge in [-0.15, -0.1) is 0 Å². The van der Waals surface area contributed by atoms with Crippen LogP contribution in [0.4, 0.5) is 5.69 Å². The van der Waals surface area contributed by atoms with Gasteiger partial charge in [-0.1, -0.05) is 30.3 Å². The molecular formula is C20H25N3O3S. The predicted octanol–water partition coefficient (Wildman–Crippen LogP) is 2.90. The Balaban J connectivity index is 1.75. The molecule has 2 unspecified atom stereocenters. The van der Waals surface area contributed by atoms with E-state index in [9.17, 15) is 13.2 Å². The number of amides is 1. The first-order valence-electron chi connectivity index (χ1n) is 9.17. The van der Waals surface area contributed by atoms with E-state index in [0.717, 1.165) is 11.3 Å². The predicted molar refractivity (Wildman–Crippen MR) is 106 cm³/mol. The van der Waals surface area contributed by atoms with Crippen molar-refractivity contribution in [3.63, 3.8) is 0 Å². The first-order valence-corrected chi connectivity index (χ1v) is 11.0. The molecule has 2 atom stereocenters. The summed E-state index contributed by atoms with van der Waals surface area (Å²) < 4.78 is 23.5. The van der Waals surface area contributed by atoms with E-state index in [1.165, 1.54) is 6.20 Å². The van der Waals surface area contributed by atoms with E-state index >= 15 is 0 Å². The number of sulfone groups is 1. The van der Waals surface area contributed by atoms with Gasteiger partial charge in [0.2, 0.25) is 0 Å². The zero-order valence-corrected chi connectivity index (χ0v) is 16.4. The topological polar surface area (TPSA) is 79.4 Å². The summed E-state index contributed by atoms with van der Waals surface area (Å²) in [4.78, 5) is 18.8. The Bertz CT molecular complexity index is 900. The number of aromatic nitrogens is 1. The molecule has 1 saturated heterocycles. The Labute approximate surface area is 160 Å². The van der Waals surface area contributed by atoms with Gasteiger partial charge in [-0.05, 0) is 31.9 Å². The molecule has 1 N–H and O–H groups in total. The largest absolute Gasteiger partial charge is 0.377 e. The quantitative estimate of drug-likeness (QED) is 0.824. The van der Waals surface area contributed by atoms with Crippen LogP contribution in [0.15, 0.2) is 48.8 Å². The molecule has 0 aliphatic carbocycles. The Kier molecular flexibility index (Phi) is 5.79. The van der Waals surface area contributed by atoms with Crippen molar-refractivity contribution in [3.05, 3.63) is 59.9 Å². The molecule has 0 radical (unpaired) electrons. The van der Waals surface area contributed by atoms with Crippen LogP contribution in [0.25, 0.3) is 0 Å². The van der Waals surface area contributed by atoms with Gasteiger partial charge in [-0.2, -0.15) is 0 Å². The third-order valence-corrected chi connectivity index (χ3v) is 6.67. The van der Waals surface area contributed by atoms with E-state index < -0.39 is 9.84 Å². The number of nitrogens with zero attached hydrogens (tertiary/aromatic N) is 2. The fourth-order valence-electron chi connectivity index (χ4n) is 3.47. The Hall–Kier alpha value is -2.41. The molecule has 1 fully saturated rings. The minimum Gasteiger partial charge on any atom is -0.377 e. The van der Waals surface area contributed by atoms with Crippen LogP contribution in [0.1, 0.15) is 42.2 Å². The summed E-state index contributed by atoms with van der Waals surface area (Å²) in [5.41, 5.74) is 2.36. The average molecular weight is 388 g/mol. The van der Waals surface area contributed by atoms with Crippen molar-refractivity contribution in [1.82, 2.24) is 9.88 Å². The lowest BCUT2D eigenvalue weighted by Crippen LogP contribution is -2.41. The van der Waals surface area contributed by atoms with Gasteiger partial charge >= 0.3 is 0 Å². The normalized spacial score (nSPS) is 19.4. The SMILES string of the molecule is CCN(C(=O)c1cncc(NC(C)c2ccccc2)c1)C1CCS(=O)(=O)C1. The van der Waals surface area contributed by atoms with Crippen LogP contribution in [-0.2, 0) is 9.84 Å². The fraction of sp³-hybridized carbons (Fsp3) is 0.400. The van der Waals surface area contributed by atoms with Gasteiger partial charge in [0.25, 0.3) is 5.91 Å². The summed E-state index contributed by atoms with van der Waals surface area (Å²) in [6, 6.07) is 11.6. The van der Waals surface area contributed by atoms with Gasteiger partial charge in [0.1, 0.15) is 0 Å². The molecule has 6 nitrogen and oxygen atoms in total.